The number of aromatic nitrogens is 1. The molecule has 0 radical (unpaired) electrons. The van der Waals surface area contributed by atoms with Crippen LogP contribution in [0.3, 0.4) is 0 Å². The molecular formula is C9H12N2O3. The van der Waals surface area contributed by atoms with Crippen LogP contribution in [0.5, 0.6) is 0 Å². The molecule has 5 heteroatoms. The van der Waals surface area contributed by atoms with Gasteiger partial charge in [-0.15, -0.1) is 0 Å². The predicted octanol–water partition coefficient (Wildman–Crippen LogP) is 0.379. The molecule has 1 aromatic rings. The molecule has 1 heterocycles. The summed E-state index contributed by atoms with van der Waals surface area (Å²) in [6, 6.07) is 2.76. The van der Waals surface area contributed by atoms with Gasteiger partial charge in [-0.05, 0) is 18.6 Å². The first-order chi connectivity index (χ1) is 6.61. The van der Waals surface area contributed by atoms with Gasteiger partial charge in [-0.2, -0.15) is 0 Å². The van der Waals surface area contributed by atoms with Crippen molar-refractivity contribution in [3.63, 3.8) is 0 Å². The van der Waals surface area contributed by atoms with Gasteiger partial charge in [-0.1, -0.05) is 0 Å². The first-order valence-corrected chi connectivity index (χ1v) is 4.25. The molecule has 1 unspecified atom stereocenters. The fourth-order valence-electron chi connectivity index (χ4n) is 1.23. The van der Waals surface area contributed by atoms with Crippen molar-refractivity contribution in [3.05, 3.63) is 24.5 Å². The molecule has 0 aromatic carbocycles. The van der Waals surface area contributed by atoms with Crippen molar-refractivity contribution in [1.29, 1.82) is 0 Å². The number of carbonyl (C=O) groups is 2. The second-order valence-corrected chi connectivity index (χ2v) is 2.99. The zero-order valence-corrected chi connectivity index (χ0v) is 7.59. The average Bonchev–Trinajstić information content (AvgIpc) is 2.56. The number of amides is 1. The smallest absolute Gasteiger partial charge is 0.326 e. The summed E-state index contributed by atoms with van der Waals surface area (Å²) in [4.78, 5) is 21.4. The highest BCUT2D eigenvalue weighted by atomic mass is 16.4. The number of carboxylic acid groups (broad SMARTS) is 1. The van der Waals surface area contributed by atoms with Crippen LogP contribution < -0.4 is 5.73 Å². The number of carboxylic acids is 1. The minimum atomic E-state index is -0.956. The SMILES string of the molecule is NC(=O)CCC(C(=O)O)n1cccc1. The summed E-state index contributed by atoms with van der Waals surface area (Å²) in [6.07, 6.45) is 3.61. The first-order valence-electron chi connectivity index (χ1n) is 4.25. The van der Waals surface area contributed by atoms with Crippen molar-refractivity contribution in [1.82, 2.24) is 4.57 Å². The van der Waals surface area contributed by atoms with E-state index >= 15 is 0 Å². The Morgan fingerprint density at radius 3 is 2.36 bits per heavy atom. The monoisotopic (exact) mass is 196 g/mol. The fraction of sp³-hybridized carbons (Fsp3) is 0.333. The molecule has 76 valence electrons. The molecule has 1 atom stereocenters. The Morgan fingerprint density at radius 1 is 1.36 bits per heavy atom. The van der Waals surface area contributed by atoms with E-state index in [4.69, 9.17) is 10.8 Å². The Labute approximate surface area is 81.1 Å². The van der Waals surface area contributed by atoms with Crippen LogP contribution in [0, 0.1) is 0 Å². The number of nitrogens with two attached hydrogens (primary N) is 1. The molecule has 0 fully saturated rings. The minimum absolute atomic E-state index is 0.0785. The molecule has 5 nitrogen and oxygen atoms in total. The van der Waals surface area contributed by atoms with Crippen molar-refractivity contribution in [2.24, 2.45) is 5.73 Å². The summed E-state index contributed by atoms with van der Waals surface area (Å²) >= 11 is 0. The average molecular weight is 196 g/mol. The van der Waals surface area contributed by atoms with Crippen LogP contribution in [0.4, 0.5) is 0 Å². The number of aliphatic carboxylic acids is 1. The van der Waals surface area contributed by atoms with Gasteiger partial charge >= 0.3 is 5.97 Å². The second kappa shape index (κ2) is 4.45. The number of rotatable bonds is 5. The molecule has 1 amide bonds. The van der Waals surface area contributed by atoms with Crippen LogP contribution in [0.2, 0.25) is 0 Å². The van der Waals surface area contributed by atoms with E-state index in [0.29, 0.717) is 0 Å². The minimum Gasteiger partial charge on any atom is -0.480 e. The normalized spacial score (nSPS) is 12.3. The van der Waals surface area contributed by atoms with Crippen molar-refractivity contribution in [2.45, 2.75) is 18.9 Å². The van der Waals surface area contributed by atoms with Gasteiger partial charge in [0.1, 0.15) is 6.04 Å². The first kappa shape index (κ1) is 10.3. The van der Waals surface area contributed by atoms with Gasteiger partial charge in [0.2, 0.25) is 5.91 Å². The summed E-state index contributed by atoms with van der Waals surface area (Å²) in [5.41, 5.74) is 4.95. The lowest BCUT2D eigenvalue weighted by Gasteiger charge is -2.12. The van der Waals surface area contributed by atoms with Crippen molar-refractivity contribution >= 4 is 11.9 Å². The zero-order chi connectivity index (χ0) is 10.6. The third-order valence-electron chi connectivity index (χ3n) is 1.94. The molecule has 0 bridgehead atoms. The van der Waals surface area contributed by atoms with E-state index in [1.165, 1.54) is 0 Å². The van der Waals surface area contributed by atoms with Crippen LogP contribution in [-0.4, -0.2) is 21.6 Å². The maximum absolute atomic E-state index is 10.8. The maximum Gasteiger partial charge on any atom is 0.326 e. The number of hydrogen-bond acceptors (Lipinski definition) is 2. The Morgan fingerprint density at radius 2 is 1.93 bits per heavy atom. The van der Waals surface area contributed by atoms with E-state index in [1.54, 1.807) is 29.1 Å². The molecule has 0 saturated heterocycles. The molecule has 1 aromatic heterocycles. The van der Waals surface area contributed by atoms with Crippen LogP contribution >= 0.6 is 0 Å². The van der Waals surface area contributed by atoms with Gasteiger partial charge in [0.25, 0.3) is 0 Å². The van der Waals surface area contributed by atoms with E-state index in [-0.39, 0.29) is 12.8 Å². The number of nitrogens with zero attached hydrogens (tertiary/aromatic N) is 1. The molecule has 1 rings (SSSR count). The van der Waals surface area contributed by atoms with E-state index in [2.05, 4.69) is 0 Å². The summed E-state index contributed by atoms with van der Waals surface area (Å²) in [6.45, 7) is 0. The number of carbonyl (C=O) groups excluding carboxylic acids is 1. The summed E-state index contributed by atoms with van der Waals surface area (Å²) in [5.74, 6) is -1.44. The highest BCUT2D eigenvalue weighted by Crippen LogP contribution is 2.13. The second-order valence-electron chi connectivity index (χ2n) is 2.99. The lowest BCUT2D eigenvalue weighted by Crippen LogP contribution is -2.20. The third-order valence-corrected chi connectivity index (χ3v) is 1.94. The Bertz CT molecular complexity index is 319. The Balaban J connectivity index is 2.66. The fourth-order valence-corrected chi connectivity index (χ4v) is 1.23. The number of primary amides is 1. The standard InChI is InChI=1S/C9H12N2O3/c10-8(12)4-3-7(9(13)14)11-5-1-2-6-11/h1-2,5-7H,3-4H2,(H2,10,12)(H,13,14). The van der Waals surface area contributed by atoms with Gasteiger partial charge in [0.05, 0.1) is 0 Å². The van der Waals surface area contributed by atoms with Crippen LogP contribution in [0.25, 0.3) is 0 Å². The highest BCUT2D eigenvalue weighted by Gasteiger charge is 2.18. The van der Waals surface area contributed by atoms with Gasteiger partial charge in [-0.3, -0.25) is 4.79 Å². The predicted molar refractivity (Wildman–Crippen MR) is 49.5 cm³/mol. The molecule has 0 saturated carbocycles. The molecule has 0 spiro atoms. The van der Waals surface area contributed by atoms with E-state index in [9.17, 15) is 9.59 Å². The van der Waals surface area contributed by atoms with Gasteiger partial charge in [-0.25, -0.2) is 4.79 Å². The van der Waals surface area contributed by atoms with Crippen LogP contribution in [0.15, 0.2) is 24.5 Å². The van der Waals surface area contributed by atoms with Crippen molar-refractivity contribution < 1.29 is 14.7 Å². The van der Waals surface area contributed by atoms with E-state index in [0.717, 1.165) is 0 Å². The Hall–Kier alpha value is -1.78. The third kappa shape index (κ3) is 2.62. The highest BCUT2D eigenvalue weighted by molar-refractivity contribution is 5.76. The lowest BCUT2D eigenvalue weighted by molar-refractivity contribution is -0.141. The van der Waals surface area contributed by atoms with Crippen molar-refractivity contribution in [3.8, 4) is 0 Å². The van der Waals surface area contributed by atoms with Gasteiger partial charge in [0.15, 0.2) is 0 Å². The molecule has 0 aliphatic heterocycles. The quantitative estimate of drug-likeness (QED) is 0.713. The molecule has 14 heavy (non-hydrogen) atoms. The largest absolute Gasteiger partial charge is 0.480 e. The summed E-state index contributed by atoms with van der Waals surface area (Å²) in [5, 5.41) is 8.88. The number of hydrogen-bond donors (Lipinski definition) is 2. The van der Waals surface area contributed by atoms with Gasteiger partial charge in [0, 0.05) is 18.8 Å². The molecule has 0 aliphatic carbocycles. The summed E-state index contributed by atoms with van der Waals surface area (Å²) < 4.78 is 1.55. The van der Waals surface area contributed by atoms with Crippen LogP contribution in [-0.2, 0) is 9.59 Å². The topological polar surface area (TPSA) is 85.3 Å². The van der Waals surface area contributed by atoms with Crippen molar-refractivity contribution in [2.75, 3.05) is 0 Å². The van der Waals surface area contributed by atoms with Gasteiger partial charge < -0.3 is 15.4 Å². The zero-order valence-electron chi connectivity index (χ0n) is 7.59. The van der Waals surface area contributed by atoms with Crippen LogP contribution in [0.1, 0.15) is 18.9 Å². The molecule has 3 N–H and O–H groups in total. The van der Waals surface area contributed by atoms with E-state index in [1.807, 2.05) is 0 Å². The molecule has 0 aliphatic rings. The molecular weight excluding hydrogens is 184 g/mol. The lowest BCUT2D eigenvalue weighted by atomic mass is 10.1. The summed E-state index contributed by atoms with van der Waals surface area (Å²) in [7, 11) is 0. The van der Waals surface area contributed by atoms with E-state index < -0.39 is 17.9 Å². The Kier molecular flexibility index (Phi) is 3.28. The maximum atomic E-state index is 10.8.